The van der Waals surface area contributed by atoms with Crippen molar-refractivity contribution in [2.45, 2.75) is 13.3 Å². The van der Waals surface area contributed by atoms with Gasteiger partial charge < -0.3 is 4.74 Å². The number of hydrogen-bond acceptors (Lipinski definition) is 4. The largest absolute Gasteiger partial charge is 0.492 e. The second-order valence-corrected chi connectivity index (χ2v) is 4.58. The van der Waals surface area contributed by atoms with Gasteiger partial charge in [-0.2, -0.15) is 14.9 Å². The van der Waals surface area contributed by atoms with Gasteiger partial charge in [0.1, 0.15) is 12.1 Å². The number of H-pyrrole nitrogens is 1. The van der Waals surface area contributed by atoms with E-state index < -0.39 is 0 Å². The normalized spacial score (nSPS) is 11.1. The number of ether oxygens (including phenoxy) is 1. The average Bonchev–Trinajstić information content (AvgIpc) is 2.81. The molecular formula is C12H13ClN4OS. The van der Waals surface area contributed by atoms with Gasteiger partial charge in [0.2, 0.25) is 4.77 Å². The maximum atomic E-state index is 6.12. The zero-order chi connectivity index (χ0) is 13.7. The summed E-state index contributed by atoms with van der Waals surface area (Å²) in [5, 5.41) is 11.1. The molecule has 100 valence electrons. The lowest BCUT2D eigenvalue weighted by Gasteiger charge is -2.06. The smallest absolute Gasteiger partial charge is 0.216 e. The van der Waals surface area contributed by atoms with E-state index in [9.17, 15) is 0 Å². The van der Waals surface area contributed by atoms with E-state index in [1.54, 1.807) is 12.3 Å². The third-order valence-electron chi connectivity index (χ3n) is 2.28. The summed E-state index contributed by atoms with van der Waals surface area (Å²) in [5.41, 5.74) is 0.858. The molecule has 1 aromatic carbocycles. The lowest BCUT2D eigenvalue weighted by molar-refractivity contribution is 0.317. The van der Waals surface area contributed by atoms with Crippen molar-refractivity contribution in [2.75, 3.05) is 6.61 Å². The molecule has 1 heterocycles. The highest BCUT2D eigenvalue weighted by Crippen LogP contribution is 2.25. The van der Waals surface area contributed by atoms with E-state index in [0.29, 0.717) is 22.2 Å². The summed E-state index contributed by atoms with van der Waals surface area (Å²) < 4.78 is 7.40. The highest BCUT2D eigenvalue weighted by molar-refractivity contribution is 7.71. The Bertz CT molecular complexity index is 635. The summed E-state index contributed by atoms with van der Waals surface area (Å²) in [6, 6.07) is 5.50. The Morgan fingerprint density at radius 2 is 2.42 bits per heavy atom. The van der Waals surface area contributed by atoms with Crippen LogP contribution in [-0.4, -0.2) is 27.7 Å². The Balaban J connectivity index is 2.14. The second-order valence-electron chi connectivity index (χ2n) is 3.79. The molecule has 0 spiro atoms. The fourth-order valence-electron chi connectivity index (χ4n) is 1.38. The summed E-state index contributed by atoms with van der Waals surface area (Å²) in [4.78, 5) is 0. The van der Waals surface area contributed by atoms with Gasteiger partial charge in [-0.3, -0.25) is 5.10 Å². The lowest BCUT2D eigenvalue weighted by Crippen LogP contribution is -1.96. The molecule has 0 aliphatic heterocycles. The molecule has 1 aromatic heterocycles. The number of aromatic amines is 1. The summed E-state index contributed by atoms with van der Waals surface area (Å²) in [5.74, 6) is 0.681. The van der Waals surface area contributed by atoms with Crippen molar-refractivity contribution < 1.29 is 4.74 Å². The molecule has 0 radical (unpaired) electrons. The summed E-state index contributed by atoms with van der Waals surface area (Å²) >= 11 is 11.1. The molecule has 0 atom stereocenters. The molecule has 2 rings (SSSR count). The molecule has 0 bridgehead atoms. The third-order valence-corrected chi connectivity index (χ3v) is 2.86. The monoisotopic (exact) mass is 296 g/mol. The fraction of sp³-hybridized carbons (Fsp3) is 0.250. The molecule has 19 heavy (non-hydrogen) atoms. The Hall–Kier alpha value is -1.66. The number of hydrogen-bond donors (Lipinski definition) is 1. The van der Waals surface area contributed by atoms with Gasteiger partial charge in [-0.15, -0.1) is 0 Å². The first-order valence-corrected chi connectivity index (χ1v) is 6.58. The van der Waals surface area contributed by atoms with Crippen LogP contribution in [0.4, 0.5) is 0 Å². The van der Waals surface area contributed by atoms with Crippen LogP contribution in [0.3, 0.4) is 0 Å². The fourth-order valence-corrected chi connectivity index (χ4v) is 1.77. The van der Waals surface area contributed by atoms with Gasteiger partial charge in [0.05, 0.1) is 17.8 Å². The van der Waals surface area contributed by atoms with Crippen molar-refractivity contribution in [3.8, 4) is 5.75 Å². The minimum absolute atomic E-state index is 0.435. The first-order chi connectivity index (χ1) is 9.20. The highest BCUT2D eigenvalue weighted by atomic mass is 35.5. The van der Waals surface area contributed by atoms with Crippen LogP contribution in [0, 0.1) is 4.77 Å². The van der Waals surface area contributed by atoms with Gasteiger partial charge in [0.15, 0.2) is 0 Å². The van der Waals surface area contributed by atoms with Crippen LogP contribution in [0.2, 0.25) is 5.02 Å². The average molecular weight is 297 g/mol. The third kappa shape index (κ3) is 3.65. The van der Waals surface area contributed by atoms with E-state index in [-0.39, 0.29) is 0 Å². The van der Waals surface area contributed by atoms with Crippen LogP contribution >= 0.6 is 23.8 Å². The number of nitrogens with one attached hydrogen (secondary N) is 1. The van der Waals surface area contributed by atoms with Crippen molar-refractivity contribution in [3.05, 3.63) is 39.9 Å². The Morgan fingerprint density at radius 3 is 3.05 bits per heavy atom. The number of aromatic nitrogens is 3. The van der Waals surface area contributed by atoms with Crippen LogP contribution in [0.25, 0.3) is 0 Å². The summed E-state index contributed by atoms with van der Waals surface area (Å²) in [7, 11) is 0. The Morgan fingerprint density at radius 1 is 1.58 bits per heavy atom. The van der Waals surface area contributed by atoms with Gasteiger partial charge in [0.25, 0.3) is 0 Å². The van der Waals surface area contributed by atoms with E-state index >= 15 is 0 Å². The van der Waals surface area contributed by atoms with Crippen LogP contribution in [0.15, 0.2) is 29.6 Å². The van der Waals surface area contributed by atoms with Crippen LogP contribution < -0.4 is 4.74 Å². The van der Waals surface area contributed by atoms with E-state index in [4.69, 9.17) is 28.6 Å². The van der Waals surface area contributed by atoms with Crippen molar-refractivity contribution in [1.29, 1.82) is 0 Å². The predicted octanol–water partition coefficient (Wildman–Crippen LogP) is 3.27. The Kier molecular flexibility index (Phi) is 4.70. The van der Waals surface area contributed by atoms with Crippen LogP contribution in [-0.2, 0) is 0 Å². The van der Waals surface area contributed by atoms with Crippen LogP contribution in [0.5, 0.6) is 5.75 Å². The minimum atomic E-state index is 0.435. The zero-order valence-corrected chi connectivity index (χ0v) is 11.9. The zero-order valence-electron chi connectivity index (χ0n) is 10.3. The van der Waals surface area contributed by atoms with E-state index in [1.807, 2.05) is 19.1 Å². The van der Waals surface area contributed by atoms with Gasteiger partial charge in [-0.05, 0) is 42.4 Å². The number of nitrogens with zero attached hydrogens (tertiary/aromatic N) is 3. The minimum Gasteiger partial charge on any atom is -0.492 e. The molecule has 7 heteroatoms. The molecule has 0 fully saturated rings. The van der Waals surface area contributed by atoms with Crippen molar-refractivity contribution in [3.63, 3.8) is 0 Å². The van der Waals surface area contributed by atoms with Crippen molar-refractivity contribution in [2.24, 2.45) is 5.10 Å². The van der Waals surface area contributed by atoms with Crippen molar-refractivity contribution in [1.82, 2.24) is 14.9 Å². The maximum Gasteiger partial charge on any atom is 0.216 e. The Labute approximate surface area is 120 Å². The molecule has 0 saturated heterocycles. The molecular weight excluding hydrogens is 284 g/mol. The molecule has 0 saturated carbocycles. The molecule has 0 amide bonds. The van der Waals surface area contributed by atoms with E-state index in [2.05, 4.69) is 15.3 Å². The van der Waals surface area contributed by atoms with Gasteiger partial charge in [-0.1, -0.05) is 18.5 Å². The SMILES string of the molecule is CCCOc1ccc(/C=N\n2cn[nH]c2=S)cc1Cl. The first-order valence-electron chi connectivity index (χ1n) is 5.79. The van der Waals surface area contributed by atoms with Gasteiger partial charge >= 0.3 is 0 Å². The highest BCUT2D eigenvalue weighted by Gasteiger charge is 2.01. The van der Waals surface area contributed by atoms with E-state index in [0.717, 1.165) is 12.0 Å². The molecule has 5 nitrogen and oxygen atoms in total. The predicted molar refractivity (Wildman–Crippen MR) is 77.6 cm³/mol. The van der Waals surface area contributed by atoms with Gasteiger partial charge in [-0.25, -0.2) is 0 Å². The lowest BCUT2D eigenvalue weighted by atomic mass is 10.2. The second kappa shape index (κ2) is 6.49. The van der Waals surface area contributed by atoms with E-state index in [1.165, 1.54) is 11.0 Å². The maximum absolute atomic E-state index is 6.12. The number of halogens is 1. The topological polar surface area (TPSA) is 55.2 Å². The number of benzene rings is 1. The first kappa shape index (κ1) is 13.8. The molecule has 0 aliphatic rings. The van der Waals surface area contributed by atoms with Gasteiger partial charge in [0, 0.05) is 0 Å². The molecule has 1 N–H and O–H groups in total. The summed E-state index contributed by atoms with van der Waals surface area (Å²) in [6.07, 6.45) is 4.10. The quantitative estimate of drug-likeness (QED) is 0.680. The standard InChI is InChI=1S/C12H13ClN4OS/c1-2-5-18-11-4-3-9(6-10(11)13)7-15-17-8-14-16-12(17)19/h3-4,6-8H,2,5H2,1H3,(H,16,19)/b15-7-. The van der Waals surface area contributed by atoms with Crippen LogP contribution in [0.1, 0.15) is 18.9 Å². The number of rotatable bonds is 5. The van der Waals surface area contributed by atoms with Crippen molar-refractivity contribution >= 4 is 30.0 Å². The molecule has 2 aromatic rings. The summed E-state index contributed by atoms with van der Waals surface area (Å²) in [6.45, 7) is 2.70. The molecule has 0 unspecified atom stereocenters. The molecule has 0 aliphatic carbocycles.